The third kappa shape index (κ3) is 4.76. The summed E-state index contributed by atoms with van der Waals surface area (Å²) in [4.78, 5) is 14.4. The van der Waals surface area contributed by atoms with Crippen LogP contribution in [0.25, 0.3) is 5.65 Å². The molecule has 1 N–H and O–H groups in total. The van der Waals surface area contributed by atoms with Crippen molar-refractivity contribution in [3.8, 4) is 0 Å². The molecule has 2 heterocycles. The predicted molar refractivity (Wildman–Crippen MR) is 108 cm³/mol. The molecule has 0 radical (unpaired) electrons. The lowest BCUT2D eigenvalue weighted by Crippen LogP contribution is -2.22. The highest BCUT2D eigenvalue weighted by molar-refractivity contribution is 8.00. The van der Waals surface area contributed by atoms with Gasteiger partial charge in [0, 0.05) is 31.7 Å². The lowest BCUT2D eigenvalue weighted by molar-refractivity contribution is -0.137. The normalized spacial score (nSPS) is 12.8. The lowest BCUT2D eigenvalue weighted by atomic mass is 10.2. The fraction of sp³-hybridized carbons (Fsp3) is 0.278. The Hall–Kier alpha value is -2.46. The number of nitrogens with zero attached hydrogens (tertiary/aromatic N) is 4. The molecule has 6 nitrogen and oxygen atoms in total. The summed E-state index contributed by atoms with van der Waals surface area (Å²) in [5, 5.41) is 9.81. The van der Waals surface area contributed by atoms with Gasteiger partial charge in [-0.3, -0.25) is 9.20 Å². The zero-order valence-corrected chi connectivity index (χ0v) is 17.2. The molecule has 11 heteroatoms. The average molecular weight is 444 g/mol. The number of carbonyl (C=O) groups excluding carboxylic acids is 1. The molecule has 0 spiro atoms. The number of hydrogen-bond acceptors (Lipinski definition) is 5. The molecule has 1 unspecified atom stereocenters. The van der Waals surface area contributed by atoms with Gasteiger partial charge in [0.1, 0.15) is 0 Å². The molecule has 0 fully saturated rings. The first-order valence-corrected chi connectivity index (χ1v) is 9.68. The fourth-order valence-corrected chi connectivity index (χ4v) is 3.54. The van der Waals surface area contributed by atoms with Gasteiger partial charge in [-0.05, 0) is 37.3 Å². The second-order valence-electron chi connectivity index (χ2n) is 6.44. The Morgan fingerprint density at radius 3 is 2.48 bits per heavy atom. The predicted octanol–water partition coefficient (Wildman–Crippen LogP) is 4.59. The highest BCUT2D eigenvalue weighted by atomic mass is 35.5. The monoisotopic (exact) mass is 443 g/mol. The minimum Gasteiger partial charge on any atom is -0.378 e. The van der Waals surface area contributed by atoms with E-state index in [1.165, 1.54) is 0 Å². The van der Waals surface area contributed by atoms with Crippen LogP contribution in [-0.4, -0.2) is 39.9 Å². The number of hydrogen-bond donors (Lipinski definition) is 1. The second-order valence-corrected chi connectivity index (χ2v) is 8.16. The number of aromatic nitrogens is 3. The van der Waals surface area contributed by atoms with Gasteiger partial charge < -0.3 is 10.2 Å². The van der Waals surface area contributed by atoms with E-state index < -0.39 is 17.0 Å². The zero-order valence-electron chi connectivity index (χ0n) is 15.7. The van der Waals surface area contributed by atoms with E-state index in [1.807, 2.05) is 31.1 Å². The van der Waals surface area contributed by atoms with Crippen molar-refractivity contribution in [2.75, 3.05) is 24.3 Å². The first kappa shape index (κ1) is 21.3. The summed E-state index contributed by atoms with van der Waals surface area (Å²) < 4.78 is 40.3. The number of thioether (sulfide) groups is 1. The van der Waals surface area contributed by atoms with Gasteiger partial charge in [0.25, 0.3) is 0 Å². The summed E-state index contributed by atoms with van der Waals surface area (Å²) >= 11 is 6.89. The Morgan fingerprint density at radius 2 is 1.90 bits per heavy atom. The Bertz CT molecular complexity index is 1040. The molecule has 1 aromatic carbocycles. The number of alkyl halides is 3. The number of fused-ring (bicyclic) bond motifs is 1. The van der Waals surface area contributed by atoms with Crippen molar-refractivity contribution >= 4 is 46.3 Å². The third-order valence-corrected chi connectivity index (χ3v) is 5.39. The maximum Gasteiger partial charge on any atom is 0.417 e. The minimum atomic E-state index is -4.56. The molecule has 0 bridgehead atoms. The summed E-state index contributed by atoms with van der Waals surface area (Å²) in [7, 11) is 3.82. The molecular weight excluding hydrogens is 427 g/mol. The van der Waals surface area contributed by atoms with Crippen LogP contribution in [-0.2, 0) is 11.0 Å². The summed E-state index contributed by atoms with van der Waals surface area (Å²) in [5.74, 6) is -0.317. The van der Waals surface area contributed by atoms with Crippen molar-refractivity contribution in [2.24, 2.45) is 0 Å². The van der Waals surface area contributed by atoms with Crippen molar-refractivity contribution in [3.05, 3.63) is 47.1 Å². The van der Waals surface area contributed by atoms with E-state index in [4.69, 9.17) is 11.6 Å². The number of anilines is 2. The molecule has 0 aliphatic rings. The van der Waals surface area contributed by atoms with E-state index in [0.29, 0.717) is 5.69 Å². The fourth-order valence-electron chi connectivity index (χ4n) is 2.47. The summed E-state index contributed by atoms with van der Waals surface area (Å²) in [6, 6.07) is 8.06. The standard InChI is InChI=1S/C18H17ClF3N5OS/c1-10(16(28)23-12-4-6-13(7-5-12)26(2)3)29-17-25-24-15-14(19)8-11(9-27(15)17)18(20,21)22/h4-10H,1-3H3,(H,23,28). The zero-order chi connectivity index (χ0) is 21.3. The van der Waals surface area contributed by atoms with Gasteiger partial charge in [-0.25, -0.2) is 0 Å². The van der Waals surface area contributed by atoms with Gasteiger partial charge in [0.15, 0.2) is 10.8 Å². The molecule has 3 aromatic rings. The second kappa shape index (κ2) is 8.11. The number of pyridine rings is 1. The summed E-state index contributed by atoms with van der Waals surface area (Å²) in [6.07, 6.45) is -3.69. The van der Waals surface area contributed by atoms with Crippen molar-refractivity contribution in [1.82, 2.24) is 14.6 Å². The van der Waals surface area contributed by atoms with Crippen LogP contribution in [0.2, 0.25) is 5.02 Å². The van der Waals surface area contributed by atoms with Gasteiger partial charge in [-0.1, -0.05) is 23.4 Å². The molecule has 29 heavy (non-hydrogen) atoms. The molecule has 1 atom stereocenters. The largest absolute Gasteiger partial charge is 0.417 e. The number of amides is 1. The number of nitrogens with one attached hydrogen (secondary N) is 1. The first-order chi connectivity index (χ1) is 13.6. The van der Waals surface area contributed by atoms with Crippen LogP contribution in [0.5, 0.6) is 0 Å². The maximum absolute atomic E-state index is 13.1. The molecule has 0 saturated heterocycles. The molecule has 0 aliphatic carbocycles. The number of benzene rings is 1. The molecule has 0 saturated carbocycles. The number of rotatable bonds is 5. The Kier molecular flexibility index (Phi) is 5.95. The van der Waals surface area contributed by atoms with E-state index in [9.17, 15) is 18.0 Å². The summed E-state index contributed by atoms with van der Waals surface area (Å²) in [5.41, 5.74) is 0.767. The number of carbonyl (C=O) groups is 1. The lowest BCUT2D eigenvalue weighted by Gasteiger charge is -2.14. The number of halogens is 4. The van der Waals surface area contributed by atoms with Crippen molar-refractivity contribution in [3.63, 3.8) is 0 Å². The molecule has 154 valence electrons. The Labute approximate surface area is 174 Å². The maximum atomic E-state index is 13.1. The minimum absolute atomic E-state index is 0.0917. The van der Waals surface area contributed by atoms with E-state index >= 15 is 0 Å². The van der Waals surface area contributed by atoms with E-state index in [1.54, 1.807) is 19.1 Å². The van der Waals surface area contributed by atoms with Crippen LogP contribution in [0.15, 0.2) is 41.7 Å². The van der Waals surface area contributed by atoms with Gasteiger partial charge in [-0.2, -0.15) is 13.2 Å². The van der Waals surface area contributed by atoms with E-state index in [2.05, 4.69) is 15.5 Å². The first-order valence-electron chi connectivity index (χ1n) is 8.42. The van der Waals surface area contributed by atoms with Crippen LogP contribution in [0, 0.1) is 0 Å². The smallest absolute Gasteiger partial charge is 0.378 e. The Balaban J connectivity index is 1.77. The van der Waals surface area contributed by atoms with Crippen LogP contribution < -0.4 is 10.2 Å². The molecule has 1 amide bonds. The third-order valence-electron chi connectivity index (χ3n) is 4.06. The SMILES string of the molecule is CC(Sc1nnc2c(Cl)cc(C(F)(F)F)cn12)C(=O)Nc1ccc(N(C)C)cc1. The van der Waals surface area contributed by atoms with E-state index in [0.717, 1.165) is 34.1 Å². The summed E-state index contributed by atoms with van der Waals surface area (Å²) in [6.45, 7) is 1.63. The molecule has 0 aliphatic heterocycles. The van der Waals surface area contributed by atoms with Crippen LogP contribution in [0.4, 0.5) is 24.5 Å². The highest BCUT2D eigenvalue weighted by Gasteiger charge is 2.32. The molecule has 3 rings (SSSR count). The topological polar surface area (TPSA) is 62.5 Å². The highest BCUT2D eigenvalue weighted by Crippen LogP contribution is 2.34. The quantitative estimate of drug-likeness (QED) is 0.584. The van der Waals surface area contributed by atoms with Gasteiger partial charge in [0.2, 0.25) is 5.91 Å². The van der Waals surface area contributed by atoms with Crippen LogP contribution in [0.3, 0.4) is 0 Å². The van der Waals surface area contributed by atoms with Crippen LogP contribution >= 0.6 is 23.4 Å². The van der Waals surface area contributed by atoms with Gasteiger partial charge >= 0.3 is 6.18 Å². The van der Waals surface area contributed by atoms with Crippen molar-refractivity contribution in [2.45, 2.75) is 23.5 Å². The average Bonchev–Trinajstić information content (AvgIpc) is 3.05. The van der Waals surface area contributed by atoms with E-state index in [-0.39, 0.29) is 21.7 Å². The van der Waals surface area contributed by atoms with Crippen molar-refractivity contribution in [1.29, 1.82) is 0 Å². The molecule has 2 aromatic heterocycles. The Morgan fingerprint density at radius 1 is 1.24 bits per heavy atom. The molecular formula is C18H17ClF3N5OS. The van der Waals surface area contributed by atoms with Gasteiger partial charge in [-0.15, -0.1) is 10.2 Å². The van der Waals surface area contributed by atoms with Gasteiger partial charge in [0.05, 0.1) is 15.8 Å². The van der Waals surface area contributed by atoms with Crippen LogP contribution in [0.1, 0.15) is 12.5 Å². The van der Waals surface area contributed by atoms with Crippen molar-refractivity contribution < 1.29 is 18.0 Å².